The van der Waals surface area contributed by atoms with Crippen LogP contribution in [-0.4, -0.2) is 6.29 Å². The van der Waals surface area contributed by atoms with Crippen molar-refractivity contribution in [1.29, 1.82) is 0 Å². The normalized spacial score (nSPS) is 22.1. The molecule has 0 unspecified atom stereocenters. The van der Waals surface area contributed by atoms with Crippen molar-refractivity contribution >= 4 is 6.29 Å². The fraction of sp³-hybridized carbons (Fsp3) is 0.0952. The Morgan fingerprint density at radius 3 is 2.12 bits per heavy atom. The minimum absolute atomic E-state index is 0.361. The molecule has 1 aliphatic heterocycles. The van der Waals surface area contributed by atoms with Crippen molar-refractivity contribution in [3.63, 3.8) is 0 Å². The zero-order valence-electron chi connectivity index (χ0n) is 13.0. The second-order valence-electron chi connectivity index (χ2n) is 5.83. The lowest BCUT2D eigenvalue weighted by molar-refractivity contribution is -0.786. The lowest BCUT2D eigenvalue weighted by atomic mass is 9.78. The van der Waals surface area contributed by atoms with Gasteiger partial charge in [-0.2, -0.15) is 0 Å². The van der Waals surface area contributed by atoms with E-state index >= 15 is 0 Å². The molecule has 0 radical (unpaired) electrons. The summed E-state index contributed by atoms with van der Waals surface area (Å²) in [5.41, 5.74) is 3.63. The van der Waals surface area contributed by atoms with Crippen LogP contribution in [0.15, 0.2) is 84.9 Å². The van der Waals surface area contributed by atoms with Gasteiger partial charge in [0.25, 0.3) is 0 Å². The second-order valence-corrected chi connectivity index (χ2v) is 5.83. The highest BCUT2D eigenvalue weighted by molar-refractivity contribution is 5.79. The molecule has 0 N–H and O–H groups in total. The summed E-state index contributed by atoms with van der Waals surface area (Å²) in [5.74, 6) is -1.79. The van der Waals surface area contributed by atoms with Gasteiger partial charge in [0.15, 0.2) is 0 Å². The predicted molar refractivity (Wildman–Crippen MR) is 89.3 cm³/mol. The Labute approximate surface area is 140 Å². The van der Waals surface area contributed by atoms with Crippen LogP contribution in [0.4, 0.5) is 0 Å². The van der Waals surface area contributed by atoms with Crippen LogP contribution in [0.3, 0.4) is 0 Å². The molecule has 1 heterocycles. The number of fused-ring (bicyclic) bond motifs is 1. The lowest BCUT2D eigenvalue weighted by Crippen LogP contribution is -2.42. The van der Waals surface area contributed by atoms with Crippen molar-refractivity contribution in [3.8, 4) is 0 Å². The first-order chi connectivity index (χ1) is 11.8. The van der Waals surface area contributed by atoms with Gasteiger partial charge in [-0.15, -0.1) is 0 Å². The van der Waals surface area contributed by atoms with E-state index < -0.39 is 5.79 Å². The number of hydrogen-bond acceptors (Lipinski definition) is 2. The van der Waals surface area contributed by atoms with E-state index in [0.717, 1.165) is 16.7 Å². The number of benzene rings is 3. The van der Waals surface area contributed by atoms with Crippen LogP contribution < -0.4 is 5.26 Å². The molecule has 0 aliphatic carbocycles. The van der Waals surface area contributed by atoms with E-state index in [1.165, 1.54) is 0 Å². The van der Waals surface area contributed by atoms with Gasteiger partial charge in [0.1, 0.15) is 5.92 Å². The highest BCUT2D eigenvalue weighted by atomic mass is 17.1. The third-order valence-electron chi connectivity index (χ3n) is 4.48. The van der Waals surface area contributed by atoms with Crippen molar-refractivity contribution in [2.24, 2.45) is 0 Å². The third kappa shape index (κ3) is 2.26. The largest absolute Gasteiger partial charge is 0.716 e. The molecule has 0 bridgehead atoms. The van der Waals surface area contributed by atoms with Gasteiger partial charge < -0.3 is 10.1 Å². The quantitative estimate of drug-likeness (QED) is 0.322. The summed E-state index contributed by atoms with van der Waals surface area (Å²) in [6.45, 7) is 0. The fourth-order valence-electron chi connectivity index (χ4n) is 3.37. The first-order valence-electron chi connectivity index (χ1n) is 7.86. The molecule has 0 amide bonds. The maximum absolute atomic E-state index is 12.0. The maximum Gasteiger partial charge on any atom is 0.419 e. The summed E-state index contributed by atoms with van der Waals surface area (Å²) in [7, 11) is 0. The first kappa shape index (κ1) is 14.8. The Balaban J connectivity index is 1.99. The number of hydrogen-bond donors (Lipinski definition) is 0. The Morgan fingerprint density at radius 2 is 1.42 bits per heavy atom. The Kier molecular flexibility index (Phi) is 3.73. The van der Waals surface area contributed by atoms with E-state index in [9.17, 15) is 5.26 Å². The topological polar surface area (TPSA) is 43.6 Å². The summed E-state index contributed by atoms with van der Waals surface area (Å²) in [4.78, 5) is 4.79. The number of aldehydes is 1. The van der Waals surface area contributed by atoms with Gasteiger partial charge >= 0.3 is 12.1 Å². The molecular weight excluding hydrogens is 300 g/mol. The first-order valence-corrected chi connectivity index (χ1v) is 7.86. The zero-order valence-corrected chi connectivity index (χ0v) is 13.0. The van der Waals surface area contributed by atoms with Gasteiger partial charge in [-0.05, 0) is 29.3 Å². The summed E-state index contributed by atoms with van der Waals surface area (Å²) in [6.07, 6.45) is 1.61. The zero-order chi connectivity index (χ0) is 16.4. The minimum Gasteiger partial charge on any atom is -0.716 e. The third-order valence-corrected chi connectivity index (χ3v) is 4.48. The van der Waals surface area contributed by atoms with Crippen molar-refractivity contribution in [3.05, 3.63) is 107 Å². The molecule has 3 nitrogen and oxygen atoms in total. The molecule has 24 heavy (non-hydrogen) atoms. The number of carbonyl (C=O) groups excluding carboxylic acids is 1. The standard InChI is InChI=1S/C21H16O3/c22-24-21(18-12-5-2-6-13-18)20(16-9-3-1-4-10-16)19-14-8-7-11-17(19)15-23-21/h1-15,20H/t20-,21-/m0/s1. The van der Waals surface area contributed by atoms with Crippen molar-refractivity contribution in [2.45, 2.75) is 11.7 Å². The molecule has 0 spiro atoms. The van der Waals surface area contributed by atoms with Crippen molar-refractivity contribution in [2.75, 3.05) is 0 Å². The van der Waals surface area contributed by atoms with Gasteiger partial charge in [0.2, 0.25) is 0 Å². The van der Waals surface area contributed by atoms with Crippen molar-refractivity contribution < 1.29 is 14.6 Å². The predicted octanol–water partition coefficient (Wildman–Crippen LogP) is 3.33. The molecule has 3 aromatic carbocycles. The van der Waals surface area contributed by atoms with Crippen LogP contribution in [0.1, 0.15) is 32.6 Å². The molecular formula is C21H16O3. The second kappa shape index (κ2) is 6.04. The summed E-state index contributed by atoms with van der Waals surface area (Å²) >= 11 is 0. The van der Waals surface area contributed by atoms with E-state index in [0.29, 0.717) is 5.56 Å². The summed E-state index contributed by atoms with van der Waals surface area (Å²) in [5, 5.41) is 12.0. The van der Waals surface area contributed by atoms with Crippen LogP contribution >= 0.6 is 0 Å². The van der Waals surface area contributed by atoms with Crippen LogP contribution in [0, 0.1) is 0 Å². The van der Waals surface area contributed by atoms with Gasteiger partial charge in [0, 0.05) is 0 Å². The van der Waals surface area contributed by atoms with Gasteiger partial charge in [-0.3, -0.25) is 0 Å². The van der Waals surface area contributed by atoms with Crippen molar-refractivity contribution in [1.82, 2.24) is 0 Å². The molecule has 0 saturated carbocycles. The van der Waals surface area contributed by atoms with Crippen LogP contribution in [0.2, 0.25) is 0 Å². The smallest absolute Gasteiger partial charge is 0.419 e. The Hall–Kier alpha value is -2.75. The summed E-state index contributed by atoms with van der Waals surface area (Å²) in [6, 6.07) is 27.1. The molecule has 2 atom stereocenters. The SMILES string of the molecule is [O-]O[C@]1(c2ccccc2)[O+]=Cc2ccccc2[C@@H]1c1ccccc1. The van der Waals surface area contributed by atoms with E-state index in [-0.39, 0.29) is 5.92 Å². The molecule has 4 rings (SSSR count). The number of rotatable bonds is 3. The van der Waals surface area contributed by atoms with E-state index in [2.05, 4.69) is 0 Å². The van der Waals surface area contributed by atoms with Gasteiger partial charge in [-0.25, -0.2) is 4.42 Å². The van der Waals surface area contributed by atoms with Crippen LogP contribution in [0.25, 0.3) is 0 Å². The average Bonchev–Trinajstić information content (AvgIpc) is 2.68. The fourth-order valence-corrected chi connectivity index (χ4v) is 3.37. The molecule has 3 heteroatoms. The van der Waals surface area contributed by atoms with Crippen LogP contribution in [0.5, 0.6) is 0 Å². The van der Waals surface area contributed by atoms with E-state index in [1.807, 2.05) is 84.9 Å². The van der Waals surface area contributed by atoms with Crippen LogP contribution in [-0.2, 0) is 10.7 Å². The molecule has 0 aromatic heterocycles. The maximum atomic E-state index is 12.0. The Bertz CT molecular complexity index is 859. The lowest BCUT2D eigenvalue weighted by Gasteiger charge is -2.34. The summed E-state index contributed by atoms with van der Waals surface area (Å²) < 4.78 is 5.93. The van der Waals surface area contributed by atoms with Gasteiger partial charge in [0.05, 0.1) is 11.1 Å². The monoisotopic (exact) mass is 316 g/mol. The highest BCUT2D eigenvalue weighted by Crippen LogP contribution is 2.47. The minimum atomic E-state index is -1.43. The average molecular weight is 316 g/mol. The van der Waals surface area contributed by atoms with E-state index in [4.69, 9.17) is 9.31 Å². The molecule has 1 aliphatic rings. The molecule has 0 fully saturated rings. The Morgan fingerprint density at radius 1 is 0.792 bits per heavy atom. The molecule has 118 valence electrons. The highest BCUT2D eigenvalue weighted by Gasteiger charge is 2.55. The molecule has 0 saturated heterocycles. The van der Waals surface area contributed by atoms with Gasteiger partial charge in [-0.1, -0.05) is 66.7 Å². The molecule has 3 aromatic rings. The van der Waals surface area contributed by atoms with E-state index in [1.54, 1.807) is 6.29 Å².